The number of methoxy groups -OCH3 is 3. The van der Waals surface area contributed by atoms with Crippen molar-refractivity contribution >= 4 is 10.8 Å². The van der Waals surface area contributed by atoms with Crippen LogP contribution in [0.2, 0.25) is 0 Å². The summed E-state index contributed by atoms with van der Waals surface area (Å²) in [5, 5.41) is 2.16. The Hall–Kier alpha value is -2.68. The predicted octanol–water partition coefficient (Wildman–Crippen LogP) is 4.53. The van der Waals surface area contributed by atoms with Crippen molar-refractivity contribution in [2.45, 2.75) is 0 Å². The molecule has 0 spiro atoms. The minimum atomic E-state index is 0.840. The molecule has 0 fully saturated rings. The van der Waals surface area contributed by atoms with E-state index in [1.807, 2.05) is 42.5 Å². The van der Waals surface area contributed by atoms with Crippen LogP contribution >= 0.6 is 0 Å². The van der Waals surface area contributed by atoms with Gasteiger partial charge in [0.15, 0.2) is 0 Å². The third-order valence-corrected chi connectivity index (χ3v) is 3.78. The van der Waals surface area contributed by atoms with Crippen molar-refractivity contribution in [3.8, 4) is 28.4 Å². The van der Waals surface area contributed by atoms with Gasteiger partial charge in [0, 0.05) is 10.9 Å². The average Bonchev–Trinajstić information content (AvgIpc) is 2.60. The van der Waals surface area contributed by atoms with Gasteiger partial charge in [-0.3, -0.25) is 0 Å². The van der Waals surface area contributed by atoms with Gasteiger partial charge in [0.1, 0.15) is 17.2 Å². The van der Waals surface area contributed by atoms with Crippen molar-refractivity contribution in [2.24, 2.45) is 0 Å². The Bertz CT molecular complexity index is 792. The minimum Gasteiger partial charge on any atom is -0.497 e. The lowest BCUT2D eigenvalue weighted by Crippen LogP contribution is -1.91. The molecule has 112 valence electrons. The summed E-state index contributed by atoms with van der Waals surface area (Å²) >= 11 is 0. The van der Waals surface area contributed by atoms with E-state index in [9.17, 15) is 0 Å². The second-order valence-electron chi connectivity index (χ2n) is 4.96. The number of hydrogen-bond acceptors (Lipinski definition) is 3. The topological polar surface area (TPSA) is 27.7 Å². The zero-order chi connectivity index (χ0) is 15.5. The molecule has 3 rings (SSSR count). The summed E-state index contributed by atoms with van der Waals surface area (Å²) in [6.45, 7) is 0. The van der Waals surface area contributed by atoms with E-state index >= 15 is 0 Å². The van der Waals surface area contributed by atoms with E-state index in [-0.39, 0.29) is 0 Å². The summed E-state index contributed by atoms with van der Waals surface area (Å²) in [4.78, 5) is 0. The molecule has 0 amide bonds. The molecule has 0 unspecified atom stereocenters. The summed E-state index contributed by atoms with van der Waals surface area (Å²) in [7, 11) is 5.04. The lowest BCUT2D eigenvalue weighted by atomic mass is 9.99. The van der Waals surface area contributed by atoms with Gasteiger partial charge in [-0.15, -0.1) is 0 Å². The van der Waals surface area contributed by atoms with E-state index in [4.69, 9.17) is 14.2 Å². The highest BCUT2D eigenvalue weighted by atomic mass is 16.5. The van der Waals surface area contributed by atoms with Gasteiger partial charge in [0.25, 0.3) is 0 Å². The first kappa shape index (κ1) is 14.3. The molecule has 0 radical (unpaired) electrons. The van der Waals surface area contributed by atoms with Crippen LogP contribution in [-0.2, 0) is 0 Å². The molecule has 0 heterocycles. The van der Waals surface area contributed by atoms with E-state index in [0.29, 0.717) is 0 Å². The van der Waals surface area contributed by atoms with E-state index in [1.165, 1.54) is 0 Å². The predicted molar refractivity (Wildman–Crippen MR) is 89.0 cm³/mol. The standard InChI is InChI=1S/C19H18O3/c1-20-15-7-4-13(5-8-15)17-10-6-14-12-16(21-2)9-11-18(14)19(17)22-3/h4-12H,1-3H3. The van der Waals surface area contributed by atoms with Crippen molar-refractivity contribution in [3.05, 3.63) is 54.6 Å². The van der Waals surface area contributed by atoms with Gasteiger partial charge >= 0.3 is 0 Å². The maximum Gasteiger partial charge on any atom is 0.134 e. The second-order valence-corrected chi connectivity index (χ2v) is 4.96. The van der Waals surface area contributed by atoms with Crippen LogP contribution in [0.15, 0.2) is 54.6 Å². The van der Waals surface area contributed by atoms with Crippen molar-refractivity contribution in [2.75, 3.05) is 21.3 Å². The first-order valence-corrected chi connectivity index (χ1v) is 7.06. The molecule has 3 heteroatoms. The SMILES string of the molecule is COc1ccc(-c2ccc3cc(OC)ccc3c2OC)cc1. The van der Waals surface area contributed by atoms with Crippen LogP contribution in [0.5, 0.6) is 17.2 Å². The summed E-state index contributed by atoms with van der Waals surface area (Å²) in [6, 6.07) is 18.1. The molecular formula is C19H18O3. The number of benzene rings is 3. The van der Waals surface area contributed by atoms with Crippen LogP contribution < -0.4 is 14.2 Å². The number of fused-ring (bicyclic) bond motifs is 1. The molecule has 0 aliphatic heterocycles. The fraction of sp³-hybridized carbons (Fsp3) is 0.158. The normalized spacial score (nSPS) is 10.5. The Balaban J connectivity index is 2.16. The Morgan fingerprint density at radius 3 is 1.95 bits per heavy atom. The molecule has 0 saturated heterocycles. The molecule has 0 aromatic heterocycles. The smallest absolute Gasteiger partial charge is 0.134 e. The third kappa shape index (κ3) is 2.46. The van der Waals surface area contributed by atoms with Crippen LogP contribution in [0.4, 0.5) is 0 Å². The lowest BCUT2D eigenvalue weighted by molar-refractivity contribution is 0.414. The van der Waals surface area contributed by atoms with E-state index in [0.717, 1.165) is 39.1 Å². The van der Waals surface area contributed by atoms with Crippen LogP contribution in [-0.4, -0.2) is 21.3 Å². The average molecular weight is 294 g/mol. The Morgan fingerprint density at radius 2 is 1.32 bits per heavy atom. The molecule has 0 bridgehead atoms. The third-order valence-electron chi connectivity index (χ3n) is 3.78. The zero-order valence-corrected chi connectivity index (χ0v) is 12.9. The number of rotatable bonds is 4. The van der Waals surface area contributed by atoms with Crippen molar-refractivity contribution in [1.29, 1.82) is 0 Å². The summed E-state index contributed by atoms with van der Waals surface area (Å²) in [6.07, 6.45) is 0. The maximum absolute atomic E-state index is 5.67. The van der Waals surface area contributed by atoms with Gasteiger partial charge in [-0.25, -0.2) is 0 Å². The van der Waals surface area contributed by atoms with Gasteiger partial charge in [-0.1, -0.05) is 24.3 Å². The van der Waals surface area contributed by atoms with Gasteiger partial charge in [0.2, 0.25) is 0 Å². The van der Waals surface area contributed by atoms with Crippen LogP contribution in [0.3, 0.4) is 0 Å². The van der Waals surface area contributed by atoms with Gasteiger partial charge in [0.05, 0.1) is 21.3 Å². The van der Waals surface area contributed by atoms with Crippen molar-refractivity contribution < 1.29 is 14.2 Å². The largest absolute Gasteiger partial charge is 0.497 e. The molecule has 0 N–H and O–H groups in total. The summed E-state index contributed by atoms with van der Waals surface area (Å²) < 4.78 is 16.2. The summed E-state index contributed by atoms with van der Waals surface area (Å²) in [5.41, 5.74) is 2.15. The molecule has 3 aromatic carbocycles. The van der Waals surface area contributed by atoms with Crippen LogP contribution in [0.25, 0.3) is 21.9 Å². The monoisotopic (exact) mass is 294 g/mol. The highest BCUT2D eigenvalue weighted by Crippen LogP contribution is 2.38. The van der Waals surface area contributed by atoms with Crippen molar-refractivity contribution in [1.82, 2.24) is 0 Å². The van der Waals surface area contributed by atoms with Gasteiger partial charge in [-0.2, -0.15) is 0 Å². The maximum atomic E-state index is 5.67. The highest BCUT2D eigenvalue weighted by molar-refractivity contribution is 5.95. The second kappa shape index (κ2) is 5.98. The van der Waals surface area contributed by atoms with Crippen molar-refractivity contribution in [3.63, 3.8) is 0 Å². The Kier molecular flexibility index (Phi) is 3.88. The first-order chi connectivity index (χ1) is 10.8. The Morgan fingerprint density at radius 1 is 0.636 bits per heavy atom. The fourth-order valence-corrected chi connectivity index (χ4v) is 2.62. The van der Waals surface area contributed by atoms with Gasteiger partial charge in [-0.05, 0) is 41.3 Å². The molecule has 0 aliphatic rings. The molecule has 0 saturated carbocycles. The number of hydrogen-bond donors (Lipinski definition) is 0. The zero-order valence-electron chi connectivity index (χ0n) is 12.9. The molecule has 0 atom stereocenters. The molecular weight excluding hydrogens is 276 g/mol. The molecule has 0 aliphatic carbocycles. The number of ether oxygens (including phenoxy) is 3. The lowest BCUT2D eigenvalue weighted by Gasteiger charge is -2.13. The van der Waals surface area contributed by atoms with E-state index < -0.39 is 0 Å². The summed E-state index contributed by atoms with van der Waals surface area (Å²) in [5.74, 6) is 2.55. The fourth-order valence-electron chi connectivity index (χ4n) is 2.62. The van der Waals surface area contributed by atoms with Gasteiger partial charge < -0.3 is 14.2 Å². The first-order valence-electron chi connectivity index (χ1n) is 7.06. The molecule has 3 aromatic rings. The Labute approximate surface area is 130 Å². The van der Waals surface area contributed by atoms with E-state index in [2.05, 4.69) is 12.1 Å². The molecule has 3 nitrogen and oxygen atoms in total. The van der Waals surface area contributed by atoms with E-state index in [1.54, 1.807) is 21.3 Å². The van der Waals surface area contributed by atoms with Crippen LogP contribution in [0.1, 0.15) is 0 Å². The minimum absolute atomic E-state index is 0.840. The van der Waals surface area contributed by atoms with Crippen LogP contribution in [0, 0.1) is 0 Å². The molecule has 22 heavy (non-hydrogen) atoms. The highest BCUT2D eigenvalue weighted by Gasteiger charge is 2.11. The quantitative estimate of drug-likeness (QED) is 0.707.